The number of benzene rings is 3. The zero-order chi connectivity index (χ0) is 27.9. The third-order valence-electron chi connectivity index (χ3n) is 5.81. The molecule has 1 atom stereocenters. The summed E-state index contributed by atoms with van der Waals surface area (Å²) in [5.41, 5.74) is 1.53. The number of nitrogens with zero attached hydrogens (tertiary/aromatic N) is 2. The van der Waals surface area contributed by atoms with E-state index in [0.717, 1.165) is 16.1 Å². The molecule has 3 aromatic carbocycles. The Morgan fingerprint density at radius 2 is 1.50 bits per heavy atom. The van der Waals surface area contributed by atoms with Gasteiger partial charge in [-0.3, -0.25) is 13.9 Å². The van der Waals surface area contributed by atoms with E-state index in [9.17, 15) is 18.0 Å². The lowest BCUT2D eigenvalue weighted by Gasteiger charge is -2.33. The number of amides is 2. The molecule has 1 unspecified atom stereocenters. The van der Waals surface area contributed by atoms with Crippen LogP contribution in [0, 0.1) is 0 Å². The van der Waals surface area contributed by atoms with Crippen molar-refractivity contribution in [3.63, 3.8) is 0 Å². The Morgan fingerprint density at radius 3 is 2.05 bits per heavy atom. The van der Waals surface area contributed by atoms with Crippen LogP contribution < -0.4 is 9.62 Å². The number of carbonyl (C=O) groups is 2. The van der Waals surface area contributed by atoms with E-state index in [1.165, 1.54) is 29.2 Å². The van der Waals surface area contributed by atoms with E-state index in [2.05, 4.69) is 5.32 Å². The summed E-state index contributed by atoms with van der Waals surface area (Å²) >= 11 is 18.8. The Morgan fingerprint density at radius 1 is 0.895 bits per heavy atom. The van der Waals surface area contributed by atoms with Crippen LogP contribution in [0.2, 0.25) is 15.1 Å². The lowest BCUT2D eigenvalue weighted by atomic mass is 10.0. The summed E-state index contributed by atoms with van der Waals surface area (Å²) in [5.74, 6) is -0.987. The summed E-state index contributed by atoms with van der Waals surface area (Å²) in [6.07, 6.45) is 1.20. The van der Waals surface area contributed by atoms with Crippen molar-refractivity contribution in [2.75, 3.05) is 23.7 Å². The van der Waals surface area contributed by atoms with Gasteiger partial charge in [-0.1, -0.05) is 71.2 Å². The normalized spacial score (nSPS) is 12.0. The van der Waals surface area contributed by atoms with Crippen molar-refractivity contribution in [2.45, 2.75) is 25.9 Å². The molecule has 3 aromatic rings. The highest BCUT2D eigenvalue weighted by Gasteiger charge is 2.33. The molecule has 0 bridgehead atoms. The van der Waals surface area contributed by atoms with Crippen LogP contribution in [0.5, 0.6) is 0 Å². The minimum absolute atomic E-state index is 0.107. The van der Waals surface area contributed by atoms with E-state index in [4.69, 9.17) is 34.8 Å². The van der Waals surface area contributed by atoms with Gasteiger partial charge in [0.2, 0.25) is 21.8 Å². The highest BCUT2D eigenvalue weighted by Crippen LogP contribution is 2.28. The second kappa shape index (κ2) is 13.3. The molecule has 11 heteroatoms. The number of carbonyl (C=O) groups excluding carboxylic acids is 2. The number of likely N-dealkylation sites (N-methyl/N-ethyl adjacent to an activating group) is 1. The van der Waals surface area contributed by atoms with Gasteiger partial charge in [0, 0.05) is 40.1 Å². The van der Waals surface area contributed by atoms with Crippen LogP contribution in [0.15, 0.2) is 72.8 Å². The molecule has 1 N–H and O–H groups in total. The number of rotatable bonds is 11. The zero-order valence-electron chi connectivity index (χ0n) is 20.9. The smallest absolute Gasteiger partial charge is 0.244 e. The monoisotopic (exact) mass is 595 g/mol. The second-order valence-corrected chi connectivity index (χ2v) is 11.7. The molecule has 202 valence electrons. The predicted molar refractivity (Wildman–Crippen MR) is 153 cm³/mol. The Hall–Kier alpha value is -2.78. The third kappa shape index (κ3) is 7.86. The SMILES string of the molecule is CCNC(=O)C(Cc1ccccc1)N(Cc1c(Cl)cccc1Cl)C(=O)CN(c1ccc(Cl)cc1)S(C)(=O)=O. The Balaban J connectivity index is 2.08. The Kier molecular flexibility index (Phi) is 10.4. The average Bonchev–Trinajstić information content (AvgIpc) is 2.87. The first-order chi connectivity index (χ1) is 18.0. The molecule has 0 saturated carbocycles. The molecule has 0 aliphatic rings. The lowest BCUT2D eigenvalue weighted by Crippen LogP contribution is -2.53. The van der Waals surface area contributed by atoms with Crippen molar-refractivity contribution < 1.29 is 18.0 Å². The molecule has 3 rings (SSSR count). The largest absolute Gasteiger partial charge is 0.355 e. The Bertz CT molecular complexity index is 1350. The van der Waals surface area contributed by atoms with Crippen LogP contribution in [0.1, 0.15) is 18.1 Å². The first-order valence-electron chi connectivity index (χ1n) is 11.8. The molecule has 0 fully saturated rings. The third-order valence-corrected chi connectivity index (χ3v) is 7.91. The minimum Gasteiger partial charge on any atom is -0.355 e. The van der Waals surface area contributed by atoms with Gasteiger partial charge in [0.1, 0.15) is 12.6 Å². The number of anilines is 1. The van der Waals surface area contributed by atoms with Gasteiger partial charge in [0.05, 0.1) is 11.9 Å². The number of nitrogens with one attached hydrogen (secondary N) is 1. The van der Waals surface area contributed by atoms with Gasteiger partial charge >= 0.3 is 0 Å². The molecule has 0 aliphatic heterocycles. The molecule has 2 amide bonds. The standard InChI is InChI=1S/C27H28Cl3N3O4S/c1-3-31-27(35)25(16-19-8-5-4-6-9-19)32(17-22-23(29)10-7-11-24(22)30)26(34)18-33(38(2,36)37)21-14-12-20(28)13-15-21/h4-15,25H,3,16-18H2,1-2H3,(H,31,35). The fourth-order valence-electron chi connectivity index (χ4n) is 3.92. The van der Waals surface area contributed by atoms with E-state index in [1.807, 2.05) is 30.3 Å². The molecule has 38 heavy (non-hydrogen) atoms. The minimum atomic E-state index is -3.87. The summed E-state index contributed by atoms with van der Waals surface area (Å²) in [6, 6.07) is 19.3. The molecular formula is C27H28Cl3N3O4S. The summed E-state index contributed by atoms with van der Waals surface area (Å²) < 4.78 is 26.5. The van der Waals surface area contributed by atoms with Gasteiger partial charge in [0.25, 0.3) is 0 Å². The number of halogens is 3. The molecule has 0 saturated heterocycles. The number of hydrogen-bond donors (Lipinski definition) is 1. The van der Waals surface area contributed by atoms with Crippen molar-refractivity contribution in [1.29, 1.82) is 0 Å². The zero-order valence-corrected chi connectivity index (χ0v) is 24.0. The van der Waals surface area contributed by atoms with Crippen molar-refractivity contribution in [1.82, 2.24) is 10.2 Å². The maximum Gasteiger partial charge on any atom is 0.244 e. The first-order valence-corrected chi connectivity index (χ1v) is 14.8. The van der Waals surface area contributed by atoms with Crippen molar-refractivity contribution in [3.8, 4) is 0 Å². The van der Waals surface area contributed by atoms with E-state index >= 15 is 0 Å². The van der Waals surface area contributed by atoms with Gasteiger partial charge in [-0.15, -0.1) is 0 Å². The lowest BCUT2D eigenvalue weighted by molar-refractivity contribution is -0.140. The number of hydrogen-bond acceptors (Lipinski definition) is 4. The Labute approximate surface area is 238 Å². The van der Waals surface area contributed by atoms with Gasteiger partial charge < -0.3 is 10.2 Å². The first kappa shape index (κ1) is 29.8. The summed E-state index contributed by atoms with van der Waals surface area (Å²) in [6.45, 7) is 1.47. The van der Waals surface area contributed by atoms with E-state index in [-0.39, 0.29) is 24.6 Å². The van der Waals surface area contributed by atoms with E-state index in [0.29, 0.717) is 27.2 Å². The van der Waals surface area contributed by atoms with Gasteiger partial charge in [0.15, 0.2) is 0 Å². The highest BCUT2D eigenvalue weighted by atomic mass is 35.5. The predicted octanol–water partition coefficient (Wildman–Crippen LogP) is 5.19. The van der Waals surface area contributed by atoms with Crippen LogP contribution in [0.25, 0.3) is 0 Å². The molecular weight excluding hydrogens is 569 g/mol. The quantitative estimate of drug-likeness (QED) is 0.330. The molecule has 0 aliphatic carbocycles. The molecule has 0 heterocycles. The van der Waals surface area contributed by atoms with E-state index < -0.39 is 28.5 Å². The van der Waals surface area contributed by atoms with Gasteiger partial charge in [-0.2, -0.15) is 0 Å². The highest BCUT2D eigenvalue weighted by molar-refractivity contribution is 7.92. The van der Waals surface area contributed by atoms with E-state index in [1.54, 1.807) is 25.1 Å². The van der Waals surface area contributed by atoms with Crippen LogP contribution in [-0.4, -0.2) is 50.5 Å². The summed E-state index contributed by atoms with van der Waals surface area (Å²) in [4.78, 5) is 28.6. The number of sulfonamides is 1. The fraction of sp³-hybridized carbons (Fsp3) is 0.259. The fourth-order valence-corrected chi connectivity index (χ4v) is 5.41. The van der Waals surface area contributed by atoms with Crippen molar-refractivity contribution in [3.05, 3.63) is 99.0 Å². The second-order valence-electron chi connectivity index (χ2n) is 8.57. The van der Waals surface area contributed by atoms with Crippen LogP contribution >= 0.6 is 34.8 Å². The average molecular weight is 597 g/mol. The maximum absolute atomic E-state index is 13.9. The maximum atomic E-state index is 13.9. The summed E-state index contributed by atoms with van der Waals surface area (Å²) in [5, 5.41) is 3.85. The van der Waals surface area contributed by atoms with Crippen LogP contribution in [-0.2, 0) is 32.6 Å². The molecule has 7 nitrogen and oxygen atoms in total. The van der Waals surface area contributed by atoms with Crippen molar-refractivity contribution in [2.24, 2.45) is 0 Å². The van der Waals surface area contributed by atoms with Gasteiger partial charge in [-0.25, -0.2) is 8.42 Å². The summed E-state index contributed by atoms with van der Waals surface area (Å²) in [7, 11) is -3.87. The van der Waals surface area contributed by atoms with Crippen LogP contribution in [0.4, 0.5) is 5.69 Å². The molecule has 0 spiro atoms. The van der Waals surface area contributed by atoms with Crippen LogP contribution in [0.3, 0.4) is 0 Å². The molecule has 0 radical (unpaired) electrons. The topological polar surface area (TPSA) is 86.8 Å². The molecule has 0 aromatic heterocycles. The van der Waals surface area contributed by atoms with Crippen molar-refractivity contribution >= 4 is 62.3 Å². The van der Waals surface area contributed by atoms with Gasteiger partial charge in [-0.05, 0) is 48.9 Å².